The van der Waals surface area contributed by atoms with Crippen LogP contribution in [0.5, 0.6) is 0 Å². The van der Waals surface area contributed by atoms with Crippen molar-refractivity contribution >= 4 is 42.3 Å². The summed E-state index contributed by atoms with van der Waals surface area (Å²) in [6.45, 7) is 0. The van der Waals surface area contributed by atoms with Gasteiger partial charge in [0.1, 0.15) is 0 Å². The van der Waals surface area contributed by atoms with E-state index in [1.54, 1.807) is 0 Å². The summed E-state index contributed by atoms with van der Waals surface area (Å²) in [4.78, 5) is 14.6. The highest BCUT2D eigenvalue weighted by Crippen LogP contribution is 2.39. The van der Waals surface area contributed by atoms with Crippen LogP contribution in [0.25, 0.3) is 98.2 Å². The predicted molar refractivity (Wildman–Crippen MR) is 223 cm³/mol. The Hall–Kier alpha value is -6.75. The molecule has 4 heteroatoms. The first-order chi connectivity index (χ1) is 26.2. The number of hydrogen-bond acceptors (Lipinski definition) is 4. The molecule has 0 aliphatic rings. The van der Waals surface area contributed by atoms with E-state index < -0.39 is 0 Å². The lowest BCUT2D eigenvalue weighted by Crippen LogP contribution is -1.96. The van der Waals surface area contributed by atoms with Gasteiger partial charge in [0.25, 0.3) is 0 Å². The van der Waals surface area contributed by atoms with E-state index in [1.807, 2.05) is 54.1 Å². The highest BCUT2D eigenvalue weighted by Gasteiger charge is 2.15. The van der Waals surface area contributed by atoms with E-state index >= 15 is 0 Å². The van der Waals surface area contributed by atoms with Crippen molar-refractivity contribution in [3.8, 4) is 67.3 Å². The van der Waals surface area contributed by atoms with E-state index in [2.05, 4.69) is 151 Å². The molecule has 7 aromatic carbocycles. The normalized spacial score (nSPS) is 11.4. The Bertz CT molecular complexity index is 2930. The van der Waals surface area contributed by atoms with Crippen molar-refractivity contribution in [1.29, 1.82) is 0 Å². The van der Waals surface area contributed by atoms with Crippen molar-refractivity contribution in [1.82, 2.24) is 15.0 Å². The standard InChI is InChI=1S/C49H31N3S/c1-2-9-36(10-3-1)49-51-45(35-17-14-33(15-18-35)34-22-24-50-25-23-34)31-46(52-49)42-28-40(38-19-16-32-8-4-5-11-37(32)26-38)27-41(29-42)39-20-21-48-44(30-39)43-12-6-7-13-47(43)53-48/h1-31H. The van der Waals surface area contributed by atoms with Gasteiger partial charge in [-0.05, 0) is 105 Å². The van der Waals surface area contributed by atoms with E-state index in [9.17, 15) is 0 Å². The van der Waals surface area contributed by atoms with Crippen molar-refractivity contribution in [3.63, 3.8) is 0 Å². The molecule has 10 rings (SSSR count). The fourth-order valence-corrected chi connectivity index (χ4v) is 8.31. The molecule has 3 aromatic heterocycles. The first-order valence-electron chi connectivity index (χ1n) is 17.7. The van der Waals surface area contributed by atoms with E-state index in [-0.39, 0.29) is 0 Å². The largest absolute Gasteiger partial charge is 0.265 e. The van der Waals surface area contributed by atoms with E-state index in [1.165, 1.54) is 36.5 Å². The number of fused-ring (bicyclic) bond motifs is 4. The summed E-state index contributed by atoms with van der Waals surface area (Å²) in [7, 11) is 0. The van der Waals surface area contributed by atoms with Gasteiger partial charge in [0, 0.05) is 49.3 Å². The van der Waals surface area contributed by atoms with Gasteiger partial charge in [-0.25, -0.2) is 9.97 Å². The lowest BCUT2D eigenvalue weighted by molar-refractivity contribution is 1.18. The maximum atomic E-state index is 5.25. The van der Waals surface area contributed by atoms with E-state index in [0.717, 1.165) is 55.9 Å². The maximum absolute atomic E-state index is 5.25. The van der Waals surface area contributed by atoms with Gasteiger partial charge in [-0.15, -0.1) is 11.3 Å². The Kier molecular flexibility index (Phi) is 7.67. The van der Waals surface area contributed by atoms with Crippen molar-refractivity contribution in [2.24, 2.45) is 0 Å². The van der Waals surface area contributed by atoms with Crippen LogP contribution in [-0.2, 0) is 0 Å². The smallest absolute Gasteiger partial charge is 0.160 e. The third-order valence-corrected chi connectivity index (χ3v) is 11.1. The molecule has 0 N–H and O–H groups in total. The number of pyridine rings is 1. The molecule has 0 saturated carbocycles. The highest BCUT2D eigenvalue weighted by atomic mass is 32.1. The SMILES string of the molecule is c1ccc(-c2nc(-c3ccc(-c4ccncc4)cc3)cc(-c3cc(-c4ccc5ccccc5c4)cc(-c4ccc5sc6ccccc6c5c4)c3)n2)cc1. The summed E-state index contributed by atoms with van der Waals surface area (Å²) in [5.74, 6) is 0.695. The van der Waals surface area contributed by atoms with E-state index in [0.29, 0.717) is 5.82 Å². The van der Waals surface area contributed by atoms with Gasteiger partial charge in [-0.1, -0.05) is 115 Å². The molecule has 0 unspecified atom stereocenters. The van der Waals surface area contributed by atoms with Crippen LogP contribution >= 0.6 is 11.3 Å². The minimum Gasteiger partial charge on any atom is -0.265 e. The zero-order valence-electron chi connectivity index (χ0n) is 28.6. The molecule has 0 saturated heterocycles. The molecule has 0 bridgehead atoms. The molecule has 248 valence electrons. The summed E-state index contributed by atoms with van der Waals surface area (Å²) in [5, 5.41) is 5.02. The molecule has 3 heterocycles. The topological polar surface area (TPSA) is 38.7 Å². The fraction of sp³-hybridized carbons (Fsp3) is 0. The van der Waals surface area contributed by atoms with Gasteiger partial charge in [0.05, 0.1) is 11.4 Å². The second kappa shape index (κ2) is 13.1. The van der Waals surface area contributed by atoms with Crippen LogP contribution in [-0.4, -0.2) is 15.0 Å². The van der Waals surface area contributed by atoms with Crippen LogP contribution in [0.2, 0.25) is 0 Å². The van der Waals surface area contributed by atoms with Gasteiger partial charge >= 0.3 is 0 Å². The van der Waals surface area contributed by atoms with Crippen LogP contribution in [0.4, 0.5) is 0 Å². The van der Waals surface area contributed by atoms with Crippen LogP contribution in [0.3, 0.4) is 0 Å². The van der Waals surface area contributed by atoms with Gasteiger partial charge in [0.2, 0.25) is 0 Å². The third-order valence-electron chi connectivity index (χ3n) is 9.97. The van der Waals surface area contributed by atoms with Gasteiger partial charge in [-0.2, -0.15) is 0 Å². The number of hydrogen-bond donors (Lipinski definition) is 0. The molecule has 10 aromatic rings. The minimum atomic E-state index is 0.695. The third kappa shape index (κ3) is 5.95. The maximum Gasteiger partial charge on any atom is 0.160 e. The molecule has 0 aliphatic carbocycles. The van der Waals surface area contributed by atoms with Gasteiger partial charge in [-0.3, -0.25) is 4.98 Å². The van der Waals surface area contributed by atoms with Crippen molar-refractivity contribution in [3.05, 3.63) is 188 Å². The lowest BCUT2D eigenvalue weighted by atomic mass is 9.93. The summed E-state index contributed by atoms with van der Waals surface area (Å²) >= 11 is 1.85. The van der Waals surface area contributed by atoms with Gasteiger partial charge in [0.15, 0.2) is 5.82 Å². The number of nitrogens with zero attached hydrogens (tertiary/aromatic N) is 3. The van der Waals surface area contributed by atoms with Crippen LogP contribution in [0, 0.1) is 0 Å². The Balaban J connectivity index is 1.17. The molecule has 0 amide bonds. The van der Waals surface area contributed by atoms with Crippen molar-refractivity contribution < 1.29 is 0 Å². The zero-order chi connectivity index (χ0) is 35.1. The first kappa shape index (κ1) is 31.0. The second-order valence-corrected chi connectivity index (χ2v) is 14.4. The monoisotopic (exact) mass is 693 g/mol. The Labute approximate surface area is 311 Å². The highest BCUT2D eigenvalue weighted by molar-refractivity contribution is 7.25. The Morgan fingerprint density at radius 2 is 0.906 bits per heavy atom. The lowest BCUT2D eigenvalue weighted by Gasteiger charge is -2.14. The van der Waals surface area contributed by atoms with Crippen molar-refractivity contribution in [2.45, 2.75) is 0 Å². The summed E-state index contributed by atoms with van der Waals surface area (Å²) in [5.41, 5.74) is 11.7. The van der Waals surface area contributed by atoms with Crippen LogP contribution in [0.15, 0.2) is 188 Å². The molecular formula is C49H31N3S. The molecule has 53 heavy (non-hydrogen) atoms. The number of aromatic nitrogens is 3. The molecular weight excluding hydrogens is 663 g/mol. The molecule has 0 radical (unpaired) electrons. The fourth-order valence-electron chi connectivity index (χ4n) is 7.22. The van der Waals surface area contributed by atoms with Crippen LogP contribution < -0.4 is 0 Å². The molecule has 3 nitrogen and oxygen atoms in total. The average molecular weight is 694 g/mol. The summed E-state index contributed by atoms with van der Waals surface area (Å²) in [6.07, 6.45) is 3.65. The van der Waals surface area contributed by atoms with Crippen LogP contribution in [0.1, 0.15) is 0 Å². The number of rotatable bonds is 6. The second-order valence-electron chi connectivity index (χ2n) is 13.3. The average Bonchev–Trinajstić information content (AvgIpc) is 3.62. The van der Waals surface area contributed by atoms with Gasteiger partial charge < -0.3 is 0 Å². The number of benzene rings is 7. The quantitative estimate of drug-likeness (QED) is 0.174. The Morgan fingerprint density at radius 3 is 1.72 bits per heavy atom. The van der Waals surface area contributed by atoms with Crippen molar-refractivity contribution in [2.75, 3.05) is 0 Å². The first-order valence-corrected chi connectivity index (χ1v) is 18.6. The molecule has 0 aliphatic heterocycles. The van der Waals surface area contributed by atoms with E-state index in [4.69, 9.17) is 9.97 Å². The molecule has 0 spiro atoms. The molecule has 0 fully saturated rings. The Morgan fingerprint density at radius 1 is 0.321 bits per heavy atom. The molecule has 0 atom stereocenters. The predicted octanol–water partition coefficient (Wildman–Crippen LogP) is 13.4. The zero-order valence-corrected chi connectivity index (χ0v) is 29.5. The summed E-state index contributed by atoms with van der Waals surface area (Å²) in [6, 6.07) is 62.8. The minimum absolute atomic E-state index is 0.695. The number of thiophene rings is 1. The summed E-state index contributed by atoms with van der Waals surface area (Å²) < 4.78 is 2.60.